The summed E-state index contributed by atoms with van der Waals surface area (Å²) in [4.78, 5) is 8.56. The fraction of sp³-hybridized carbons (Fsp3) is 0.200. The first-order chi connectivity index (χ1) is 12.7. The first-order valence-electron chi connectivity index (χ1n) is 8.40. The molecule has 134 valence electrons. The van der Waals surface area contributed by atoms with E-state index in [0.717, 1.165) is 22.9 Å². The molecule has 0 unspecified atom stereocenters. The number of para-hydroxylation sites is 4. The molecule has 0 bridgehead atoms. The Morgan fingerprint density at radius 1 is 0.808 bits per heavy atom. The molecule has 26 heavy (non-hydrogen) atoms. The van der Waals surface area contributed by atoms with Gasteiger partial charge in [-0.2, -0.15) is 0 Å². The summed E-state index contributed by atoms with van der Waals surface area (Å²) >= 11 is 0. The second-order valence-corrected chi connectivity index (χ2v) is 5.90. The summed E-state index contributed by atoms with van der Waals surface area (Å²) in [6.07, 6.45) is 1.59. The number of rotatable bonds is 7. The molecule has 1 aromatic heterocycles. The summed E-state index contributed by atoms with van der Waals surface area (Å²) in [5, 5.41) is 6.53. The lowest BCUT2D eigenvalue weighted by Crippen LogP contribution is -2.07. The average Bonchev–Trinajstić information content (AvgIpc) is 2.64. The molecule has 3 aromatic rings. The van der Waals surface area contributed by atoms with E-state index in [0.29, 0.717) is 11.6 Å². The summed E-state index contributed by atoms with van der Waals surface area (Å²) in [6.45, 7) is 3.99. The van der Waals surface area contributed by atoms with Crippen molar-refractivity contribution in [2.75, 3.05) is 17.7 Å². The van der Waals surface area contributed by atoms with Gasteiger partial charge in [0.1, 0.15) is 29.5 Å². The first kappa shape index (κ1) is 17.5. The quantitative estimate of drug-likeness (QED) is 0.640. The van der Waals surface area contributed by atoms with Crippen LogP contribution in [0.2, 0.25) is 0 Å². The van der Waals surface area contributed by atoms with E-state index in [9.17, 15) is 0 Å². The Hall–Kier alpha value is -3.28. The van der Waals surface area contributed by atoms with Gasteiger partial charge in [-0.15, -0.1) is 0 Å². The molecule has 0 fully saturated rings. The maximum absolute atomic E-state index is 5.84. The van der Waals surface area contributed by atoms with Crippen molar-refractivity contribution in [3.05, 3.63) is 60.9 Å². The van der Waals surface area contributed by atoms with Crippen molar-refractivity contribution in [1.29, 1.82) is 0 Å². The number of methoxy groups -OCH3 is 1. The number of nitrogens with zero attached hydrogens (tertiary/aromatic N) is 2. The minimum absolute atomic E-state index is 0.0890. The van der Waals surface area contributed by atoms with Crippen LogP contribution in [0, 0.1) is 0 Å². The second kappa shape index (κ2) is 8.20. The Morgan fingerprint density at radius 2 is 1.35 bits per heavy atom. The molecule has 2 N–H and O–H groups in total. The number of nitrogens with one attached hydrogen (secondary N) is 2. The van der Waals surface area contributed by atoms with Gasteiger partial charge in [-0.1, -0.05) is 24.3 Å². The Labute approximate surface area is 153 Å². The minimum Gasteiger partial charge on any atom is -0.495 e. The molecule has 6 heteroatoms. The minimum atomic E-state index is 0.0890. The highest BCUT2D eigenvalue weighted by molar-refractivity contribution is 5.68. The molecule has 0 radical (unpaired) electrons. The lowest BCUT2D eigenvalue weighted by Gasteiger charge is -2.15. The predicted molar refractivity (Wildman–Crippen MR) is 104 cm³/mol. The molecule has 0 spiro atoms. The predicted octanol–water partition coefficient (Wildman–Crippen LogP) is 4.76. The monoisotopic (exact) mass is 350 g/mol. The molecule has 0 aliphatic carbocycles. The van der Waals surface area contributed by atoms with E-state index in [1.165, 1.54) is 6.33 Å². The molecular weight excluding hydrogens is 328 g/mol. The first-order valence-corrected chi connectivity index (χ1v) is 8.40. The van der Waals surface area contributed by atoms with Crippen LogP contribution in [0.1, 0.15) is 13.8 Å². The zero-order valence-corrected chi connectivity index (χ0v) is 15.1. The number of benzene rings is 2. The van der Waals surface area contributed by atoms with Crippen molar-refractivity contribution in [3.63, 3.8) is 0 Å². The maximum atomic E-state index is 5.84. The molecule has 1 heterocycles. The van der Waals surface area contributed by atoms with Crippen LogP contribution in [-0.4, -0.2) is 23.2 Å². The van der Waals surface area contributed by atoms with Gasteiger partial charge in [0.25, 0.3) is 0 Å². The summed E-state index contributed by atoms with van der Waals surface area (Å²) in [7, 11) is 1.64. The van der Waals surface area contributed by atoms with Crippen LogP contribution in [0.15, 0.2) is 60.9 Å². The zero-order chi connectivity index (χ0) is 18.4. The topological polar surface area (TPSA) is 68.3 Å². The molecule has 0 aliphatic heterocycles. The SMILES string of the molecule is COc1ccccc1Nc1cc(Nc2ccccc2OC(C)C)ncn1. The molecule has 0 saturated heterocycles. The Kier molecular flexibility index (Phi) is 5.53. The molecular formula is C20H22N4O2. The van der Waals surface area contributed by atoms with Crippen LogP contribution in [0.25, 0.3) is 0 Å². The Morgan fingerprint density at radius 3 is 1.92 bits per heavy atom. The van der Waals surface area contributed by atoms with Crippen molar-refractivity contribution in [2.45, 2.75) is 20.0 Å². The fourth-order valence-electron chi connectivity index (χ4n) is 2.44. The maximum Gasteiger partial charge on any atom is 0.143 e. The van der Waals surface area contributed by atoms with E-state index in [2.05, 4.69) is 20.6 Å². The Balaban J connectivity index is 1.80. The van der Waals surface area contributed by atoms with Gasteiger partial charge in [0.15, 0.2) is 0 Å². The number of ether oxygens (including phenoxy) is 2. The molecule has 0 saturated carbocycles. The third kappa shape index (κ3) is 4.42. The largest absolute Gasteiger partial charge is 0.495 e. The molecule has 3 rings (SSSR count). The summed E-state index contributed by atoms with van der Waals surface area (Å²) in [5.74, 6) is 2.85. The third-order valence-corrected chi connectivity index (χ3v) is 3.55. The molecule has 0 amide bonds. The van der Waals surface area contributed by atoms with E-state index in [-0.39, 0.29) is 6.10 Å². The van der Waals surface area contributed by atoms with Crippen molar-refractivity contribution in [2.24, 2.45) is 0 Å². The van der Waals surface area contributed by atoms with E-state index in [1.807, 2.05) is 68.4 Å². The van der Waals surface area contributed by atoms with Crippen LogP contribution in [0.4, 0.5) is 23.0 Å². The molecule has 2 aromatic carbocycles. The van der Waals surface area contributed by atoms with Crippen molar-refractivity contribution in [1.82, 2.24) is 9.97 Å². The Bertz CT molecular complexity index is 868. The van der Waals surface area contributed by atoms with Gasteiger partial charge in [0.05, 0.1) is 24.6 Å². The van der Waals surface area contributed by atoms with Crippen LogP contribution in [0.5, 0.6) is 11.5 Å². The van der Waals surface area contributed by atoms with Crippen molar-refractivity contribution in [3.8, 4) is 11.5 Å². The van der Waals surface area contributed by atoms with Gasteiger partial charge in [-0.3, -0.25) is 0 Å². The summed E-state index contributed by atoms with van der Waals surface area (Å²) in [6, 6.07) is 17.3. The van der Waals surface area contributed by atoms with Gasteiger partial charge in [0, 0.05) is 6.07 Å². The second-order valence-electron chi connectivity index (χ2n) is 5.90. The fourth-order valence-corrected chi connectivity index (χ4v) is 2.44. The third-order valence-electron chi connectivity index (χ3n) is 3.55. The van der Waals surface area contributed by atoms with Gasteiger partial charge < -0.3 is 20.1 Å². The normalized spacial score (nSPS) is 10.5. The van der Waals surface area contributed by atoms with Crippen LogP contribution < -0.4 is 20.1 Å². The van der Waals surface area contributed by atoms with Gasteiger partial charge >= 0.3 is 0 Å². The highest BCUT2D eigenvalue weighted by atomic mass is 16.5. The standard InChI is InChI=1S/C20H22N4O2/c1-14(2)26-18-11-7-5-9-16(18)24-20-12-19(21-13-22-20)23-15-8-4-6-10-17(15)25-3/h4-14H,1-3H3,(H2,21,22,23,24). The van der Waals surface area contributed by atoms with Crippen molar-refractivity contribution < 1.29 is 9.47 Å². The van der Waals surface area contributed by atoms with E-state index in [4.69, 9.17) is 9.47 Å². The van der Waals surface area contributed by atoms with E-state index < -0.39 is 0 Å². The highest BCUT2D eigenvalue weighted by Crippen LogP contribution is 2.29. The molecule has 6 nitrogen and oxygen atoms in total. The number of aromatic nitrogens is 2. The lowest BCUT2D eigenvalue weighted by molar-refractivity contribution is 0.244. The van der Waals surface area contributed by atoms with E-state index in [1.54, 1.807) is 7.11 Å². The number of hydrogen-bond acceptors (Lipinski definition) is 6. The zero-order valence-electron chi connectivity index (χ0n) is 15.1. The number of anilines is 4. The van der Waals surface area contributed by atoms with Gasteiger partial charge in [0.2, 0.25) is 0 Å². The summed E-state index contributed by atoms with van der Waals surface area (Å²) in [5.41, 5.74) is 1.69. The lowest BCUT2D eigenvalue weighted by atomic mass is 10.2. The summed E-state index contributed by atoms with van der Waals surface area (Å²) < 4.78 is 11.2. The highest BCUT2D eigenvalue weighted by Gasteiger charge is 2.08. The van der Waals surface area contributed by atoms with Crippen LogP contribution >= 0.6 is 0 Å². The molecule has 0 atom stereocenters. The van der Waals surface area contributed by atoms with Gasteiger partial charge in [-0.05, 0) is 38.1 Å². The number of hydrogen-bond donors (Lipinski definition) is 2. The smallest absolute Gasteiger partial charge is 0.143 e. The van der Waals surface area contributed by atoms with Crippen LogP contribution in [-0.2, 0) is 0 Å². The van der Waals surface area contributed by atoms with E-state index >= 15 is 0 Å². The van der Waals surface area contributed by atoms with Gasteiger partial charge in [-0.25, -0.2) is 9.97 Å². The molecule has 0 aliphatic rings. The average molecular weight is 350 g/mol. The van der Waals surface area contributed by atoms with Crippen molar-refractivity contribution >= 4 is 23.0 Å². The van der Waals surface area contributed by atoms with Crippen LogP contribution in [0.3, 0.4) is 0 Å².